The zero-order valence-corrected chi connectivity index (χ0v) is 20.3. The molecule has 3 aromatic rings. The fourth-order valence-electron chi connectivity index (χ4n) is 3.45. The van der Waals surface area contributed by atoms with E-state index in [1.165, 1.54) is 4.31 Å². The second-order valence-corrected chi connectivity index (χ2v) is 9.93. The number of anilines is 1. The molecule has 3 aromatic carbocycles. The van der Waals surface area contributed by atoms with Crippen molar-refractivity contribution in [2.45, 2.75) is 32.1 Å². The summed E-state index contributed by atoms with van der Waals surface area (Å²) in [5, 5.41) is 2.85. The van der Waals surface area contributed by atoms with E-state index in [2.05, 4.69) is 5.32 Å². The molecule has 0 aliphatic carbocycles. The van der Waals surface area contributed by atoms with Gasteiger partial charge in [-0.05, 0) is 74.2 Å². The van der Waals surface area contributed by atoms with E-state index in [0.29, 0.717) is 18.7 Å². The van der Waals surface area contributed by atoms with Crippen LogP contribution < -0.4 is 14.4 Å². The molecule has 6 nitrogen and oxygen atoms in total. The van der Waals surface area contributed by atoms with E-state index in [-0.39, 0.29) is 17.3 Å². The molecule has 0 radical (unpaired) electrons. The average molecular weight is 467 g/mol. The average Bonchev–Trinajstić information content (AvgIpc) is 2.80. The quantitative estimate of drug-likeness (QED) is 0.513. The highest BCUT2D eigenvalue weighted by Crippen LogP contribution is 2.28. The molecule has 0 aliphatic rings. The van der Waals surface area contributed by atoms with Crippen LogP contribution in [0.3, 0.4) is 0 Å². The topological polar surface area (TPSA) is 75.7 Å². The van der Waals surface area contributed by atoms with E-state index in [0.717, 1.165) is 28.0 Å². The molecule has 0 aliphatic heterocycles. The smallest absolute Gasteiger partial charge is 0.264 e. The molecule has 33 heavy (non-hydrogen) atoms. The van der Waals surface area contributed by atoms with Gasteiger partial charge in [-0.3, -0.25) is 9.10 Å². The number of carbonyl (C=O) groups is 1. The molecular weight excluding hydrogens is 436 g/mol. The van der Waals surface area contributed by atoms with Gasteiger partial charge in [-0.15, -0.1) is 0 Å². The van der Waals surface area contributed by atoms with Crippen LogP contribution in [-0.4, -0.2) is 34.5 Å². The number of benzene rings is 3. The minimum absolute atomic E-state index is 0.153. The Kier molecular flexibility index (Phi) is 7.76. The first-order valence-corrected chi connectivity index (χ1v) is 12.2. The Hall–Kier alpha value is -3.32. The van der Waals surface area contributed by atoms with Gasteiger partial charge < -0.3 is 10.1 Å². The lowest BCUT2D eigenvalue weighted by Gasteiger charge is -2.26. The Morgan fingerprint density at radius 2 is 1.55 bits per heavy atom. The van der Waals surface area contributed by atoms with Crippen molar-refractivity contribution in [3.05, 3.63) is 89.0 Å². The summed E-state index contributed by atoms with van der Waals surface area (Å²) in [6, 6.07) is 19.9. The van der Waals surface area contributed by atoms with E-state index >= 15 is 0 Å². The Morgan fingerprint density at radius 1 is 0.909 bits per heavy atom. The van der Waals surface area contributed by atoms with E-state index in [1.807, 2.05) is 57.2 Å². The summed E-state index contributed by atoms with van der Waals surface area (Å²) in [6.45, 7) is 5.73. The normalized spacial score (nSPS) is 11.2. The minimum atomic E-state index is -3.93. The van der Waals surface area contributed by atoms with Gasteiger partial charge in [-0.25, -0.2) is 8.42 Å². The summed E-state index contributed by atoms with van der Waals surface area (Å²) in [7, 11) is -2.32. The van der Waals surface area contributed by atoms with Gasteiger partial charge >= 0.3 is 0 Å². The Bertz CT molecular complexity index is 1200. The number of amides is 1. The Labute approximate surface area is 196 Å². The van der Waals surface area contributed by atoms with E-state index in [9.17, 15) is 13.2 Å². The Morgan fingerprint density at radius 3 is 2.18 bits per heavy atom. The lowest BCUT2D eigenvalue weighted by Crippen LogP contribution is -2.41. The Balaban J connectivity index is 1.79. The van der Waals surface area contributed by atoms with Crippen LogP contribution in [0.25, 0.3) is 0 Å². The number of nitrogens with one attached hydrogen (secondary N) is 1. The standard InChI is InChI=1S/C26H30N2O4S/c1-19-6-13-24(14-7-19)33(30,31)28(25-17-20(2)5-8-21(25)3)18-26(29)27-16-15-22-9-11-23(32-4)12-10-22/h5-14,17H,15-16,18H2,1-4H3,(H,27,29). The molecule has 1 N–H and O–H groups in total. The molecule has 0 aromatic heterocycles. The number of hydrogen-bond donors (Lipinski definition) is 1. The van der Waals surface area contributed by atoms with Crippen LogP contribution in [0.5, 0.6) is 5.75 Å². The van der Waals surface area contributed by atoms with Crippen LogP contribution in [0.2, 0.25) is 0 Å². The number of methoxy groups -OCH3 is 1. The van der Waals surface area contributed by atoms with Gasteiger partial charge in [-0.1, -0.05) is 42.0 Å². The molecule has 0 bridgehead atoms. The lowest BCUT2D eigenvalue weighted by molar-refractivity contribution is -0.119. The molecule has 7 heteroatoms. The highest BCUT2D eigenvalue weighted by Gasteiger charge is 2.28. The summed E-state index contributed by atoms with van der Waals surface area (Å²) in [5.41, 5.74) is 4.21. The second kappa shape index (κ2) is 10.5. The number of sulfonamides is 1. The maximum atomic E-state index is 13.5. The van der Waals surface area contributed by atoms with Crippen LogP contribution in [0.15, 0.2) is 71.6 Å². The highest BCUT2D eigenvalue weighted by atomic mass is 32.2. The van der Waals surface area contributed by atoms with Crippen molar-refractivity contribution in [1.29, 1.82) is 0 Å². The van der Waals surface area contributed by atoms with Crippen molar-refractivity contribution in [1.82, 2.24) is 5.32 Å². The molecule has 0 fully saturated rings. The fourth-order valence-corrected chi connectivity index (χ4v) is 4.93. The molecule has 0 atom stereocenters. The van der Waals surface area contributed by atoms with Crippen molar-refractivity contribution in [3.8, 4) is 5.75 Å². The van der Waals surface area contributed by atoms with Crippen LogP contribution in [0.4, 0.5) is 5.69 Å². The van der Waals surface area contributed by atoms with Gasteiger partial charge in [0, 0.05) is 6.54 Å². The third kappa shape index (κ3) is 6.14. The first-order valence-electron chi connectivity index (χ1n) is 10.8. The largest absolute Gasteiger partial charge is 0.497 e. The second-order valence-electron chi connectivity index (χ2n) is 8.06. The van der Waals surface area contributed by atoms with Crippen LogP contribution in [-0.2, 0) is 21.2 Å². The zero-order chi connectivity index (χ0) is 24.0. The molecule has 0 saturated heterocycles. The summed E-state index contributed by atoms with van der Waals surface area (Å²) in [5.74, 6) is 0.411. The monoisotopic (exact) mass is 466 g/mol. The van der Waals surface area contributed by atoms with Gasteiger partial charge in [0.2, 0.25) is 5.91 Å². The van der Waals surface area contributed by atoms with E-state index < -0.39 is 10.0 Å². The molecule has 0 saturated carbocycles. The zero-order valence-electron chi connectivity index (χ0n) is 19.5. The number of ether oxygens (including phenoxy) is 1. The predicted octanol–water partition coefficient (Wildman–Crippen LogP) is 4.17. The molecule has 174 valence electrons. The minimum Gasteiger partial charge on any atom is -0.497 e. The number of hydrogen-bond acceptors (Lipinski definition) is 4. The fraction of sp³-hybridized carbons (Fsp3) is 0.269. The summed E-state index contributed by atoms with van der Waals surface area (Å²) in [4.78, 5) is 13.0. The van der Waals surface area contributed by atoms with Crippen molar-refractivity contribution >= 4 is 21.6 Å². The molecule has 0 heterocycles. The van der Waals surface area contributed by atoms with Crippen molar-refractivity contribution in [3.63, 3.8) is 0 Å². The maximum Gasteiger partial charge on any atom is 0.264 e. The third-order valence-electron chi connectivity index (χ3n) is 5.42. The summed E-state index contributed by atoms with van der Waals surface area (Å²) >= 11 is 0. The van der Waals surface area contributed by atoms with Gasteiger partial charge in [0.1, 0.15) is 12.3 Å². The van der Waals surface area contributed by atoms with Gasteiger partial charge in [0.15, 0.2) is 0 Å². The molecule has 0 spiro atoms. The molecule has 0 unspecified atom stereocenters. The molecule has 1 amide bonds. The molecular formula is C26H30N2O4S. The van der Waals surface area contributed by atoms with Crippen molar-refractivity contribution < 1.29 is 17.9 Å². The number of nitrogens with zero attached hydrogens (tertiary/aromatic N) is 1. The summed E-state index contributed by atoms with van der Waals surface area (Å²) in [6.07, 6.45) is 0.629. The third-order valence-corrected chi connectivity index (χ3v) is 7.20. The number of carbonyl (C=O) groups excluding carboxylic acids is 1. The SMILES string of the molecule is COc1ccc(CCNC(=O)CN(c2cc(C)ccc2C)S(=O)(=O)c2ccc(C)cc2)cc1. The van der Waals surface area contributed by atoms with Crippen LogP contribution in [0.1, 0.15) is 22.3 Å². The maximum absolute atomic E-state index is 13.5. The van der Waals surface area contributed by atoms with Crippen LogP contribution >= 0.6 is 0 Å². The van der Waals surface area contributed by atoms with E-state index in [1.54, 1.807) is 37.4 Å². The van der Waals surface area contributed by atoms with Gasteiger partial charge in [0.05, 0.1) is 17.7 Å². The van der Waals surface area contributed by atoms with Gasteiger partial charge in [-0.2, -0.15) is 0 Å². The number of rotatable bonds is 9. The first-order chi connectivity index (χ1) is 15.7. The van der Waals surface area contributed by atoms with Crippen LogP contribution in [0, 0.1) is 20.8 Å². The van der Waals surface area contributed by atoms with Crippen molar-refractivity contribution in [2.75, 3.05) is 24.5 Å². The predicted molar refractivity (Wildman–Crippen MR) is 131 cm³/mol. The highest BCUT2D eigenvalue weighted by molar-refractivity contribution is 7.92. The van der Waals surface area contributed by atoms with Crippen molar-refractivity contribution in [2.24, 2.45) is 0 Å². The lowest BCUT2D eigenvalue weighted by atomic mass is 10.1. The number of aryl methyl sites for hydroxylation is 3. The summed E-state index contributed by atoms with van der Waals surface area (Å²) < 4.78 is 33.4. The molecule has 3 rings (SSSR count). The van der Waals surface area contributed by atoms with Gasteiger partial charge in [0.25, 0.3) is 10.0 Å². The first kappa shape index (κ1) is 24.3. The van der Waals surface area contributed by atoms with E-state index in [4.69, 9.17) is 4.74 Å².